The van der Waals surface area contributed by atoms with Gasteiger partial charge >= 0.3 is 6.01 Å². The van der Waals surface area contributed by atoms with E-state index in [-0.39, 0.29) is 17.8 Å². The van der Waals surface area contributed by atoms with Crippen LogP contribution in [-0.2, 0) is 4.79 Å². The van der Waals surface area contributed by atoms with Gasteiger partial charge in [0, 0.05) is 6.04 Å². The fraction of sp³-hybridized carbons (Fsp3) is 0.562. The van der Waals surface area contributed by atoms with Crippen molar-refractivity contribution in [2.45, 2.75) is 38.6 Å². The maximum atomic E-state index is 12.2. The molecule has 23 heavy (non-hydrogen) atoms. The number of nitrogens with zero attached hydrogens (tertiary/aromatic N) is 3. The Morgan fingerprint density at radius 2 is 2.22 bits per heavy atom. The summed E-state index contributed by atoms with van der Waals surface area (Å²) < 4.78 is 10.6. The van der Waals surface area contributed by atoms with Crippen LogP contribution in [0.2, 0.25) is 0 Å². The molecule has 0 bridgehead atoms. The van der Waals surface area contributed by atoms with Crippen molar-refractivity contribution < 1.29 is 13.6 Å². The van der Waals surface area contributed by atoms with Gasteiger partial charge in [-0.1, -0.05) is 24.9 Å². The Labute approximate surface area is 135 Å². The largest absolute Gasteiger partial charge is 0.459 e. The molecule has 0 aromatic carbocycles. The van der Waals surface area contributed by atoms with Crippen molar-refractivity contribution in [3.63, 3.8) is 0 Å². The number of anilines is 1. The predicted octanol–water partition coefficient (Wildman–Crippen LogP) is 2.78. The highest BCUT2D eigenvalue weighted by Crippen LogP contribution is 2.27. The van der Waals surface area contributed by atoms with Gasteiger partial charge in [0.05, 0.1) is 12.8 Å². The number of carbonyl (C=O) groups is 1. The molecule has 7 nitrogen and oxygen atoms in total. The summed E-state index contributed by atoms with van der Waals surface area (Å²) in [7, 11) is 1.99. The molecular weight excluding hydrogens is 296 g/mol. The average Bonchev–Trinajstić information content (AvgIpc) is 3.18. The number of hydrogen-bond acceptors (Lipinski definition) is 6. The predicted molar refractivity (Wildman–Crippen MR) is 84.7 cm³/mol. The van der Waals surface area contributed by atoms with Crippen LogP contribution in [0.25, 0.3) is 11.7 Å². The van der Waals surface area contributed by atoms with Gasteiger partial charge in [-0.2, -0.15) is 0 Å². The topological polar surface area (TPSA) is 84.4 Å². The average molecular weight is 318 g/mol. The fourth-order valence-electron chi connectivity index (χ4n) is 3.23. The van der Waals surface area contributed by atoms with Crippen molar-refractivity contribution in [2.75, 3.05) is 18.9 Å². The monoisotopic (exact) mass is 318 g/mol. The summed E-state index contributed by atoms with van der Waals surface area (Å²) in [4.78, 5) is 14.3. The van der Waals surface area contributed by atoms with Gasteiger partial charge in [0.2, 0.25) is 5.91 Å². The van der Waals surface area contributed by atoms with Gasteiger partial charge in [0.15, 0.2) is 5.76 Å². The maximum Gasteiger partial charge on any atom is 0.322 e. The fourth-order valence-corrected chi connectivity index (χ4v) is 3.23. The standard InChI is InChI=1S/C16H22N4O3/c1-11-6-3-4-7-12(11)20(2)10-14(21)17-16-19-18-15(23-16)13-8-5-9-22-13/h5,8-9,11-12H,3-4,6-7,10H2,1-2H3,(H,17,19,21)/t11-,12-/m0/s1. The lowest BCUT2D eigenvalue weighted by Crippen LogP contribution is -2.42. The summed E-state index contributed by atoms with van der Waals surface area (Å²) in [5.74, 6) is 1.20. The minimum absolute atomic E-state index is 0.0893. The smallest absolute Gasteiger partial charge is 0.322 e. The SMILES string of the molecule is C[C@H]1CCCC[C@@H]1N(C)CC(=O)Nc1nnc(-c2ccco2)o1. The van der Waals surface area contributed by atoms with E-state index in [2.05, 4.69) is 27.3 Å². The van der Waals surface area contributed by atoms with Crippen molar-refractivity contribution in [1.29, 1.82) is 0 Å². The van der Waals surface area contributed by atoms with Crippen LogP contribution in [0.1, 0.15) is 32.6 Å². The van der Waals surface area contributed by atoms with E-state index in [0.29, 0.717) is 24.3 Å². The van der Waals surface area contributed by atoms with Gasteiger partial charge in [-0.3, -0.25) is 15.0 Å². The van der Waals surface area contributed by atoms with Gasteiger partial charge in [0.25, 0.3) is 5.89 Å². The molecule has 0 aliphatic heterocycles. The number of rotatable bonds is 5. The molecule has 2 aromatic rings. The van der Waals surface area contributed by atoms with Gasteiger partial charge in [0.1, 0.15) is 0 Å². The molecule has 1 N–H and O–H groups in total. The first-order valence-electron chi connectivity index (χ1n) is 8.01. The van der Waals surface area contributed by atoms with Crippen LogP contribution in [-0.4, -0.2) is 40.6 Å². The van der Waals surface area contributed by atoms with Crippen molar-refractivity contribution in [3.05, 3.63) is 18.4 Å². The second-order valence-electron chi connectivity index (χ2n) is 6.18. The molecule has 0 unspecified atom stereocenters. The first-order chi connectivity index (χ1) is 11.1. The Morgan fingerprint density at radius 1 is 1.39 bits per heavy atom. The van der Waals surface area contributed by atoms with Gasteiger partial charge in [-0.25, -0.2) is 0 Å². The number of nitrogens with one attached hydrogen (secondary N) is 1. The van der Waals surface area contributed by atoms with Crippen molar-refractivity contribution >= 4 is 11.9 Å². The summed E-state index contributed by atoms with van der Waals surface area (Å²) in [6.07, 6.45) is 6.42. The summed E-state index contributed by atoms with van der Waals surface area (Å²) >= 11 is 0. The third-order valence-corrected chi connectivity index (χ3v) is 4.43. The molecule has 124 valence electrons. The molecule has 1 aliphatic rings. The van der Waals surface area contributed by atoms with Gasteiger partial charge in [-0.15, -0.1) is 5.10 Å². The Morgan fingerprint density at radius 3 is 2.96 bits per heavy atom. The summed E-state index contributed by atoms with van der Waals surface area (Å²) in [5.41, 5.74) is 0. The van der Waals surface area contributed by atoms with Crippen molar-refractivity contribution in [1.82, 2.24) is 15.1 Å². The molecule has 1 fully saturated rings. The first-order valence-corrected chi connectivity index (χ1v) is 8.01. The summed E-state index contributed by atoms with van der Waals surface area (Å²) in [5, 5.41) is 10.3. The zero-order valence-electron chi connectivity index (χ0n) is 13.5. The van der Waals surface area contributed by atoms with Crippen molar-refractivity contribution in [2.24, 2.45) is 5.92 Å². The maximum absolute atomic E-state index is 12.2. The van der Waals surface area contributed by atoms with E-state index >= 15 is 0 Å². The molecule has 2 atom stereocenters. The van der Waals surface area contributed by atoms with Crippen LogP contribution >= 0.6 is 0 Å². The number of amides is 1. The van der Waals surface area contributed by atoms with E-state index in [1.165, 1.54) is 25.5 Å². The molecule has 1 saturated carbocycles. The van der Waals surface area contributed by atoms with Crippen LogP contribution in [0.15, 0.2) is 27.2 Å². The third-order valence-electron chi connectivity index (χ3n) is 4.43. The van der Waals surface area contributed by atoms with Crippen LogP contribution in [0.5, 0.6) is 0 Å². The molecule has 7 heteroatoms. The molecule has 3 rings (SSSR count). The number of furan rings is 1. The lowest BCUT2D eigenvalue weighted by Gasteiger charge is -2.35. The van der Waals surface area contributed by atoms with Crippen LogP contribution in [0, 0.1) is 5.92 Å². The van der Waals surface area contributed by atoms with Crippen molar-refractivity contribution in [3.8, 4) is 11.7 Å². The summed E-state index contributed by atoms with van der Waals surface area (Å²) in [6.45, 7) is 2.57. The molecule has 2 aromatic heterocycles. The van der Waals surface area contributed by atoms with Gasteiger partial charge < -0.3 is 8.83 Å². The zero-order chi connectivity index (χ0) is 16.2. The number of hydrogen-bond donors (Lipinski definition) is 1. The Hall–Kier alpha value is -2.15. The van der Waals surface area contributed by atoms with Crippen LogP contribution < -0.4 is 5.32 Å². The summed E-state index contributed by atoms with van der Waals surface area (Å²) in [6, 6.07) is 4.00. The zero-order valence-corrected chi connectivity index (χ0v) is 13.5. The molecule has 0 spiro atoms. The minimum Gasteiger partial charge on any atom is -0.459 e. The first kappa shape index (κ1) is 15.7. The van der Waals surface area contributed by atoms with Crippen LogP contribution in [0.3, 0.4) is 0 Å². The highest BCUT2D eigenvalue weighted by molar-refractivity contribution is 5.90. The van der Waals surface area contributed by atoms with Crippen LogP contribution in [0.4, 0.5) is 6.01 Å². The second-order valence-corrected chi connectivity index (χ2v) is 6.18. The molecular formula is C16H22N4O3. The lowest BCUT2D eigenvalue weighted by atomic mass is 9.85. The van der Waals surface area contributed by atoms with E-state index in [4.69, 9.17) is 8.83 Å². The lowest BCUT2D eigenvalue weighted by molar-refractivity contribution is -0.118. The highest BCUT2D eigenvalue weighted by Gasteiger charge is 2.26. The number of likely N-dealkylation sites (N-methyl/N-ethyl adjacent to an activating group) is 1. The Balaban J connectivity index is 1.55. The molecule has 1 aliphatic carbocycles. The molecule has 0 radical (unpaired) electrons. The third kappa shape index (κ3) is 3.79. The normalized spacial score (nSPS) is 21.5. The van der Waals surface area contributed by atoms with E-state index < -0.39 is 0 Å². The highest BCUT2D eigenvalue weighted by atomic mass is 16.4. The Bertz CT molecular complexity index is 638. The number of aromatic nitrogens is 2. The molecule has 0 saturated heterocycles. The van der Waals surface area contributed by atoms with E-state index in [0.717, 1.165) is 6.42 Å². The van der Waals surface area contributed by atoms with Gasteiger partial charge in [-0.05, 0) is 37.9 Å². The minimum atomic E-state index is -0.153. The van der Waals surface area contributed by atoms with E-state index in [1.54, 1.807) is 12.1 Å². The molecule has 2 heterocycles. The Kier molecular flexibility index (Phi) is 4.76. The number of carbonyl (C=O) groups excluding carboxylic acids is 1. The van der Waals surface area contributed by atoms with E-state index in [1.807, 2.05) is 7.05 Å². The van der Waals surface area contributed by atoms with E-state index in [9.17, 15) is 4.79 Å². The second kappa shape index (κ2) is 6.95. The quantitative estimate of drug-likeness (QED) is 0.912. The molecule has 1 amide bonds.